The van der Waals surface area contributed by atoms with Crippen molar-refractivity contribution in [3.63, 3.8) is 0 Å². The van der Waals surface area contributed by atoms with Gasteiger partial charge in [-0.15, -0.1) is 71.8 Å². The van der Waals surface area contributed by atoms with Crippen LogP contribution in [-0.4, -0.2) is 46.1 Å². The summed E-state index contributed by atoms with van der Waals surface area (Å²) in [4.78, 5) is 20.0. The first kappa shape index (κ1) is 44.9. The van der Waals surface area contributed by atoms with E-state index in [0.29, 0.717) is 0 Å². The van der Waals surface area contributed by atoms with Crippen molar-refractivity contribution in [3.8, 4) is 56.4 Å². The van der Waals surface area contributed by atoms with E-state index < -0.39 is 0 Å². The van der Waals surface area contributed by atoms with Crippen molar-refractivity contribution < 1.29 is 23.9 Å². The number of nitrogens with zero attached hydrogens (tertiary/aromatic N) is 6. The summed E-state index contributed by atoms with van der Waals surface area (Å²) in [5, 5.41) is 2.26. The molecule has 5 heterocycles. The number of aromatic nitrogens is 4. The summed E-state index contributed by atoms with van der Waals surface area (Å²) < 4.78 is 8.96. The van der Waals surface area contributed by atoms with Gasteiger partial charge in [0.1, 0.15) is 24.4 Å². The van der Waals surface area contributed by atoms with Crippen molar-refractivity contribution >= 4 is 16.7 Å². The maximum absolute atomic E-state index is 6.62. The van der Waals surface area contributed by atoms with Gasteiger partial charge in [-0.25, -0.2) is 4.58 Å². The molecule has 3 aromatic carbocycles. The minimum absolute atomic E-state index is 0. The SMILES string of the molecule is CCN(CC)c1ccc2c(-c3ccnc(-c4cc(C)ccn4)c3)c3ccc(=[N+](CC)CC)cc-3oc2c1.[Rh+2].[c-]1ccccc1-c1ccccn1.[c-]1ccccc1-c1ccccn1. The minimum atomic E-state index is 0. The monoisotopic (exact) mass is 902 g/mol. The maximum Gasteiger partial charge on any atom is 2.00 e. The fourth-order valence-electron chi connectivity index (χ4n) is 7.30. The summed E-state index contributed by atoms with van der Waals surface area (Å²) in [5.74, 6) is 0.885. The summed E-state index contributed by atoms with van der Waals surface area (Å²) in [6.45, 7) is 14.6. The Morgan fingerprint density at radius 1 is 0.565 bits per heavy atom. The van der Waals surface area contributed by atoms with E-state index in [0.717, 1.165) is 93.5 Å². The molecule has 0 spiro atoms. The average molecular weight is 903 g/mol. The molecular formula is C54H51N6ORh+. The Balaban J connectivity index is 0.000000207. The van der Waals surface area contributed by atoms with E-state index in [1.54, 1.807) is 12.4 Å². The molecular weight excluding hydrogens is 852 g/mol. The van der Waals surface area contributed by atoms with E-state index in [2.05, 4.69) is 131 Å². The minimum Gasteiger partial charge on any atom is -0.456 e. The van der Waals surface area contributed by atoms with Crippen LogP contribution in [0.4, 0.5) is 5.69 Å². The van der Waals surface area contributed by atoms with Gasteiger partial charge in [0.05, 0.1) is 17.5 Å². The van der Waals surface area contributed by atoms with Gasteiger partial charge in [-0.1, -0.05) is 24.3 Å². The molecule has 1 aliphatic carbocycles. The van der Waals surface area contributed by atoms with Crippen molar-refractivity contribution in [1.29, 1.82) is 0 Å². The second kappa shape index (κ2) is 22.3. The second-order valence-corrected chi connectivity index (χ2v) is 14.3. The van der Waals surface area contributed by atoms with Crippen molar-refractivity contribution in [1.82, 2.24) is 24.5 Å². The van der Waals surface area contributed by atoms with Crippen LogP contribution in [0.25, 0.3) is 67.3 Å². The Bertz CT molecular complexity index is 2650. The van der Waals surface area contributed by atoms with Gasteiger partial charge in [-0.3, -0.25) is 9.97 Å². The predicted molar refractivity (Wildman–Crippen MR) is 251 cm³/mol. The van der Waals surface area contributed by atoms with E-state index in [1.807, 2.05) is 103 Å². The number of benzene rings is 4. The Morgan fingerprint density at radius 2 is 1.16 bits per heavy atom. The van der Waals surface area contributed by atoms with Crippen LogP contribution in [0.2, 0.25) is 0 Å². The summed E-state index contributed by atoms with van der Waals surface area (Å²) in [7, 11) is 0. The van der Waals surface area contributed by atoms with Crippen LogP contribution in [0.1, 0.15) is 33.3 Å². The molecule has 7 aromatic rings. The van der Waals surface area contributed by atoms with Gasteiger partial charge < -0.3 is 19.3 Å². The first-order valence-corrected chi connectivity index (χ1v) is 21.0. The first-order valence-electron chi connectivity index (χ1n) is 21.0. The molecule has 0 saturated heterocycles. The maximum atomic E-state index is 6.62. The Morgan fingerprint density at radius 3 is 1.71 bits per heavy atom. The molecule has 0 unspecified atom stereocenters. The Labute approximate surface area is 378 Å². The molecule has 0 bridgehead atoms. The van der Waals surface area contributed by atoms with E-state index in [9.17, 15) is 0 Å². The van der Waals surface area contributed by atoms with Crippen molar-refractivity contribution in [2.75, 3.05) is 31.1 Å². The molecule has 0 fully saturated rings. The van der Waals surface area contributed by atoms with E-state index in [1.165, 1.54) is 16.6 Å². The quantitative estimate of drug-likeness (QED) is 0.0622. The van der Waals surface area contributed by atoms with Crippen LogP contribution in [0.3, 0.4) is 0 Å². The number of anilines is 1. The van der Waals surface area contributed by atoms with E-state index in [-0.39, 0.29) is 19.5 Å². The zero-order valence-corrected chi connectivity index (χ0v) is 37.6. The van der Waals surface area contributed by atoms with Crippen LogP contribution in [0, 0.1) is 19.1 Å². The average Bonchev–Trinajstić information content (AvgIpc) is 3.33. The van der Waals surface area contributed by atoms with Crippen molar-refractivity contribution in [2.24, 2.45) is 0 Å². The van der Waals surface area contributed by atoms with E-state index >= 15 is 0 Å². The second-order valence-electron chi connectivity index (χ2n) is 14.3. The van der Waals surface area contributed by atoms with Crippen molar-refractivity contribution in [3.05, 3.63) is 193 Å². The number of aryl methyl sites for hydroxylation is 1. The molecule has 7 nitrogen and oxygen atoms in total. The number of fused-ring (bicyclic) bond motifs is 2. The van der Waals surface area contributed by atoms with Gasteiger partial charge in [-0.05, 0) is 112 Å². The molecule has 0 saturated carbocycles. The Kier molecular flexibility index (Phi) is 16.1. The predicted octanol–water partition coefficient (Wildman–Crippen LogP) is 11.7. The number of pyridine rings is 4. The topological polar surface area (TPSA) is 71.0 Å². The van der Waals surface area contributed by atoms with Gasteiger partial charge in [0, 0.05) is 72.2 Å². The smallest absolute Gasteiger partial charge is 0.456 e. The van der Waals surface area contributed by atoms with Crippen molar-refractivity contribution in [2.45, 2.75) is 34.6 Å². The van der Waals surface area contributed by atoms with Gasteiger partial charge in [0.2, 0.25) is 5.36 Å². The molecule has 0 N–H and O–H groups in total. The fourth-order valence-corrected chi connectivity index (χ4v) is 7.30. The molecule has 8 heteroatoms. The zero-order chi connectivity index (χ0) is 42.4. The summed E-state index contributed by atoms with van der Waals surface area (Å²) in [6.07, 6.45) is 7.30. The molecule has 9 rings (SSSR count). The molecule has 1 aliphatic heterocycles. The molecule has 62 heavy (non-hydrogen) atoms. The first-order chi connectivity index (χ1) is 30.0. The molecule has 311 valence electrons. The third kappa shape index (κ3) is 11.0. The summed E-state index contributed by atoms with van der Waals surface area (Å²) >= 11 is 0. The summed E-state index contributed by atoms with van der Waals surface area (Å²) in [5.41, 5.74) is 12.3. The molecule has 0 amide bonds. The van der Waals surface area contributed by atoms with Crippen LogP contribution in [-0.2, 0) is 19.5 Å². The van der Waals surface area contributed by atoms with Crippen LogP contribution in [0.15, 0.2) is 175 Å². The molecule has 0 atom stereocenters. The Hall–Kier alpha value is -6.63. The number of rotatable bonds is 9. The molecule has 1 radical (unpaired) electrons. The van der Waals surface area contributed by atoms with Crippen LogP contribution < -0.4 is 14.8 Å². The third-order valence-corrected chi connectivity index (χ3v) is 10.5. The number of hydrogen-bond acceptors (Lipinski definition) is 6. The van der Waals surface area contributed by atoms with Gasteiger partial charge in [0.25, 0.3) is 0 Å². The third-order valence-electron chi connectivity index (χ3n) is 10.5. The largest absolute Gasteiger partial charge is 2.00 e. The fraction of sp³-hybridized carbons (Fsp3) is 0.167. The van der Waals surface area contributed by atoms with Crippen LogP contribution >= 0.6 is 0 Å². The van der Waals surface area contributed by atoms with Gasteiger partial charge in [0.15, 0.2) is 0 Å². The summed E-state index contributed by atoms with van der Waals surface area (Å²) in [6, 6.07) is 55.1. The molecule has 2 aliphatic rings. The standard InChI is InChI=1S/C32H35N4O.2C11H8N.Rh/c1-6-35(7-2)24-10-12-26-30(20-24)37-31-21-25(36(8-3)9-4)11-13-27(31)32(26)23-15-17-34-29(19-23)28-18-22(5)14-16-33-28;2*1-2-6-10(7-3-1)11-8-4-5-9-12-11;/h10-21H,6-9H2,1-5H3;2*1-6,8-9H;/q+1;2*-1;+2. The van der Waals surface area contributed by atoms with E-state index in [4.69, 9.17) is 4.42 Å². The number of hydrogen-bond donors (Lipinski definition) is 0. The normalized spacial score (nSPS) is 10.5. The van der Waals surface area contributed by atoms with Crippen LogP contribution in [0.5, 0.6) is 0 Å². The zero-order valence-electron chi connectivity index (χ0n) is 35.9. The van der Waals surface area contributed by atoms with Gasteiger partial charge >= 0.3 is 19.5 Å². The van der Waals surface area contributed by atoms with Gasteiger partial charge in [-0.2, -0.15) is 0 Å². The molecule has 4 aromatic heterocycles.